The molecule has 1 aromatic rings. The number of hydrogen-bond acceptors (Lipinski definition) is 6. The molecule has 1 aliphatic heterocycles. The molecular weight excluding hydrogens is 240 g/mol. The van der Waals surface area contributed by atoms with Crippen LogP contribution >= 0.6 is 0 Å². The molecule has 0 aliphatic carbocycles. The van der Waals surface area contributed by atoms with Crippen molar-refractivity contribution in [3.05, 3.63) is 12.4 Å². The molecule has 6 nitrogen and oxygen atoms in total. The fourth-order valence-electron chi connectivity index (χ4n) is 1.94. The van der Waals surface area contributed by atoms with Crippen LogP contribution in [0.3, 0.4) is 0 Å². The number of sulfone groups is 1. The summed E-state index contributed by atoms with van der Waals surface area (Å²) in [5, 5.41) is 2.93. The van der Waals surface area contributed by atoms with Crippen LogP contribution in [0.4, 0.5) is 11.6 Å². The average Bonchev–Trinajstić information content (AvgIpc) is 2.69. The third-order valence-electron chi connectivity index (χ3n) is 3.03. The van der Waals surface area contributed by atoms with Crippen LogP contribution in [0.1, 0.15) is 6.42 Å². The third-order valence-corrected chi connectivity index (χ3v) is 4.78. The van der Waals surface area contributed by atoms with Gasteiger partial charge in [0.05, 0.1) is 11.5 Å². The maximum Gasteiger partial charge on any atom is 0.152 e. The summed E-state index contributed by atoms with van der Waals surface area (Å²) in [5.41, 5.74) is 0. The topological polar surface area (TPSA) is 75.2 Å². The van der Waals surface area contributed by atoms with Crippen molar-refractivity contribution in [3.63, 3.8) is 0 Å². The van der Waals surface area contributed by atoms with E-state index in [0.29, 0.717) is 6.42 Å². The molecule has 7 heteroatoms. The minimum atomic E-state index is -2.86. The Balaban J connectivity index is 2.17. The van der Waals surface area contributed by atoms with Crippen LogP contribution in [-0.4, -0.2) is 50.0 Å². The molecule has 0 amide bonds. The first kappa shape index (κ1) is 12.1. The maximum absolute atomic E-state index is 11.4. The first-order valence-corrected chi connectivity index (χ1v) is 7.27. The summed E-state index contributed by atoms with van der Waals surface area (Å²) in [6.45, 7) is 0. The van der Waals surface area contributed by atoms with Crippen molar-refractivity contribution in [2.45, 2.75) is 12.5 Å². The van der Waals surface area contributed by atoms with Crippen molar-refractivity contribution in [2.24, 2.45) is 0 Å². The fraction of sp³-hybridized carbons (Fsp3) is 0.600. The van der Waals surface area contributed by atoms with Gasteiger partial charge < -0.3 is 10.2 Å². The molecule has 2 heterocycles. The van der Waals surface area contributed by atoms with Gasteiger partial charge in [-0.2, -0.15) is 0 Å². The molecule has 17 heavy (non-hydrogen) atoms. The van der Waals surface area contributed by atoms with Crippen molar-refractivity contribution < 1.29 is 8.42 Å². The number of rotatable bonds is 3. The second-order valence-corrected chi connectivity index (χ2v) is 6.41. The molecule has 1 atom stereocenters. The summed E-state index contributed by atoms with van der Waals surface area (Å²) in [5.74, 6) is 1.95. The minimum Gasteiger partial charge on any atom is -0.373 e. The van der Waals surface area contributed by atoms with Gasteiger partial charge in [0.25, 0.3) is 0 Å². The molecule has 0 aromatic carbocycles. The van der Waals surface area contributed by atoms with Crippen LogP contribution in [0, 0.1) is 0 Å². The summed E-state index contributed by atoms with van der Waals surface area (Å²) in [4.78, 5) is 10.1. The van der Waals surface area contributed by atoms with Gasteiger partial charge in [-0.25, -0.2) is 18.4 Å². The van der Waals surface area contributed by atoms with Crippen molar-refractivity contribution in [2.75, 3.05) is 35.8 Å². The number of hydrogen-bond donors (Lipinski definition) is 1. The second kappa shape index (κ2) is 4.48. The Hall–Kier alpha value is -1.37. The van der Waals surface area contributed by atoms with Crippen LogP contribution < -0.4 is 10.2 Å². The zero-order valence-electron chi connectivity index (χ0n) is 9.92. The van der Waals surface area contributed by atoms with Crippen molar-refractivity contribution in [1.82, 2.24) is 9.97 Å². The number of anilines is 2. The SMILES string of the molecule is CNc1cc(N(C)C2CCS(=O)(=O)C2)ncn1. The lowest BCUT2D eigenvalue weighted by Crippen LogP contribution is -2.33. The Morgan fingerprint density at radius 1 is 1.47 bits per heavy atom. The van der Waals surface area contributed by atoms with Gasteiger partial charge in [-0.3, -0.25) is 0 Å². The van der Waals surface area contributed by atoms with E-state index in [4.69, 9.17) is 0 Å². The molecule has 2 rings (SSSR count). The van der Waals surface area contributed by atoms with E-state index in [1.54, 1.807) is 7.05 Å². The first-order chi connectivity index (χ1) is 8.02. The van der Waals surface area contributed by atoms with E-state index >= 15 is 0 Å². The number of nitrogens with one attached hydrogen (secondary N) is 1. The van der Waals surface area contributed by atoms with Crippen LogP contribution in [-0.2, 0) is 9.84 Å². The Bertz CT molecular complexity index is 503. The fourth-order valence-corrected chi connectivity index (χ4v) is 3.72. The van der Waals surface area contributed by atoms with Crippen LogP contribution in [0.5, 0.6) is 0 Å². The lowest BCUT2D eigenvalue weighted by atomic mass is 10.2. The smallest absolute Gasteiger partial charge is 0.152 e. The van der Waals surface area contributed by atoms with Crippen LogP contribution in [0.25, 0.3) is 0 Å². The zero-order valence-corrected chi connectivity index (χ0v) is 10.7. The standard InChI is InChI=1S/C10H16N4O2S/c1-11-9-5-10(13-7-12-9)14(2)8-3-4-17(15,16)6-8/h5,7-8H,3-4,6H2,1-2H3,(H,11,12,13). The summed E-state index contributed by atoms with van der Waals surface area (Å²) in [6, 6.07) is 1.82. The maximum atomic E-state index is 11.4. The molecule has 1 aromatic heterocycles. The van der Waals surface area contributed by atoms with Crippen molar-refractivity contribution >= 4 is 21.5 Å². The summed E-state index contributed by atoms with van der Waals surface area (Å²) < 4.78 is 22.9. The molecule has 1 aliphatic rings. The molecule has 1 fully saturated rings. The molecule has 0 saturated carbocycles. The largest absolute Gasteiger partial charge is 0.373 e. The molecule has 1 saturated heterocycles. The lowest BCUT2D eigenvalue weighted by molar-refractivity contribution is 0.600. The number of aromatic nitrogens is 2. The molecular formula is C10H16N4O2S. The van der Waals surface area contributed by atoms with Gasteiger partial charge in [0, 0.05) is 26.2 Å². The second-order valence-electron chi connectivity index (χ2n) is 4.18. The van der Waals surface area contributed by atoms with E-state index in [1.165, 1.54) is 6.33 Å². The molecule has 0 radical (unpaired) electrons. The van der Waals surface area contributed by atoms with Crippen LogP contribution in [0.2, 0.25) is 0 Å². The Kier molecular flexibility index (Phi) is 3.19. The van der Waals surface area contributed by atoms with Gasteiger partial charge in [-0.15, -0.1) is 0 Å². The Labute approximate surface area is 101 Å². The number of nitrogens with zero attached hydrogens (tertiary/aromatic N) is 3. The Morgan fingerprint density at radius 3 is 2.82 bits per heavy atom. The molecule has 94 valence electrons. The highest BCUT2D eigenvalue weighted by molar-refractivity contribution is 7.91. The van der Waals surface area contributed by atoms with E-state index in [2.05, 4.69) is 15.3 Å². The Morgan fingerprint density at radius 2 is 2.24 bits per heavy atom. The van der Waals surface area contributed by atoms with Gasteiger partial charge in [0.2, 0.25) is 0 Å². The first-order valence-electron chi connectivity index (χ1n) is 5.45. The minimum absolute atomic E-state index is 0.0135. The van der Waals surface area contributed by atoms with Crippen LogP contribution in [0.15, 0.2) is 12.4 Å². The van der Waals surface area contributed by atoms with Gasteiger partial charge in [0.1, 0.15) is 18.0 Å². The molecule has 1 unspecified atom stereocenters. The predicted octanol–water partition coefficient (Wildman–Crippen LogP) is 0.142. The average molecular weight is 256 g/mol. The molecule has 1 N–H and O–H groups in total. The predicted molar refractivity (Wildman–Crippen MR) is 67.0 cm³/mol. The van der Waals surface area contributed by atoms with Gasteiger partial charge in [-0.1, -0.05) is 0 Å². The normalized spacial score (nSPS) is 22.4. The van der Waals surface area contributed by atoms with E-state index in [-0.39, 0.29) is 17.5 Å². The highest BCUT2D eigenvalue weighted by atomic mass is 32.2. The monoisotopic (exact) mass is 256 g/mol. The van der Waals surface area contributed by atoms with Gasteiger partial charge in [-0.05, 0) is 6.42 Å². The highest BCUT2D eigenvalue weighted by Gasteiger charge is 2.31. The van der Waals surface area contributed by atoms with Crippen molar-refractivity contribution in [1.29, 1.82) is 0 Å². The van der Waals surface area contributed by atoms with E-state index in [0.717, 1.165) is 11.6 Å². The highest BCUT2D eigenvalue weighted by Crippen LogP contribution is 2.22. The molecule has 0 spiro atoms. The van der Waals surface area contributed by atoms with E-state index in [9.17, 15) is 8.42 Å². The summed E-state index contributed by atoms with van der Waals surface area (Å²) in [6.07, 6.45) is 2.14. The quantitative estimate of drug-likeness (QED) is 0.829. The third kappa shape index (κ3) is 2.66. The summed E-state index contributed by atoms with van der Waals surface area (Å²) in [7, 11) is 0.787. The van der Waals surface area contributed by atoms with E-state index in [1.807, 2.05) is 18.0 Å². The zero-order chi connectivity index (χ0) is 12.5. The van der Waals surface area contributed by atoms with Crippen molar-refractivity contribution in [3.8, 4) is 0 Å². The lowest BCUT2D eigenvalue weighted by Gasteiger charge is -2.24. The van der Waals surface area contributed by atoms with Gasteiger partial charge in [0.15, 0.2) is 9.84 Å². The summed E-state index contributed by atoms with van der Waals surface area (Å²) >= 11 is 0. The molecule has 0 bridgehead atoms. The van der Waals surface area contributed by atoms with Gasteiger partial charge >= 0.3 is 0 Å². The van der Waals surface area contributed by atoms with E-state index < -0.39 is 9.84 Å².